The summed E-state index contributed by atoms with van der Waals surface area (Å²) < 4.78 is 16.1. The van der Waals surface area contributed by atoms with Gasteiger partial charge in [0, 0.05) is 12.6 Å². The van der Waals surface area contributed by atoms with Crippen LogP contribution in [0.5, 0.6) is 0 Å². The number of rotatable bonds is 2. The largest absolute Gasteiger partial charge is 0.279 e. The molecule has 1 aromatic carbocycles. The first-order valence-corrected chi connectivity index (χ1v) is 6.78. The fraction of sp³-hybridized carbons (Fsp3) is 0.143. The van der Waals surface area contributed by atoms with E-state index in [1.165, 1.54) is 6.07 Å². The Kier molecular flexibility index (Phi) is 3.06. The highest BCUT2D eigenvalue weighted by Gasteiger charge is 2.16. The van der Waals surface area contributed by atoms with Gasteiger partial charge in [-0.05, 0) is 40.2 Å². The molecule has 96 valence electrons. The molecule has 3 aromatic rings. The number of nitrogens with zero attached hydrogens (tertiary/aromatic N) is 3. The lowest BCUT2D eigenvalue weighted by Crippen LogP contribution is -2.02. The van der Waals surface area contributed by atoms with E-state index in [0.717, 1.165) is 29.1 Å². The minimum absolute atomic E-state index is 0.299. The van der Waals surface area contributed by atoms with E-state index < -0.39 is 0 Å². The molecule has 3 nitrogen and oxygen atoms in total. The third kappa shape index (κ3) is 1.94. The van der Waals surface area contributed by atoms with Crippen LogP contribution < -0.4 is 0 Å². The average Bonchev–Trinajstić information content (AvgIpc) is 2.83. The molecule has 0 atom stereocenters. The van der Waals surface area contributed by atoms with Crippen molar-refractivity contribution in [1.82, 2.24) is 14.5 Å². The number of aryl methyl sites for hydroxylation is 1. The van der Waals surface area contributed by atoms with E-state index in [-0.39, 0.29) is 5.82 Å². The van der Waals surface area contributed by atoms with Crippen LogP contribution >= 0.6 is 15.9 Å². The van der Waals surface area contributed by atoms with Crippen LogP contribution in [0, 0.1) is 5.82 Å². The van der Waals surface area contributed by atoms with Crippen LogP contribution in [0.4, 0.5) is 4.39 Å². The number of hydrogen-bond donors (Lipinski definition) is 0. The minimum Gasteiger partial charge on any atom is -0.279 e. The molecule has 0 aliphatic heterocycles. The van der Waals surface area contributed by atoms with E-state index >= 15 is 0 Å². The third-order valence-electron chi connectivity index (χ3n) is 2.97. The molecule has 0 aliphatic carbocycles. The Morgan fingerprint density at radius 1 is 1.26 bits per heavy atom. The molecule has 2 heterocycles. The van der Waals surface area contributed by atoms with Gasteiger partial charge in [-0.3, -0.25) is 4.57 Å². The first-order chi connectivity index (χ1) is 9.22. The average molecular weight is 320 g/mol. The molecule has 0 radical (unpaired) electrons. The molecule has 3 rings (SSSR count). The molecule has 19 heavy (non-hydrogen) atoms. The van der Waals surface area contributed by atoms with Crippen LogP contribution in [0.3, 0.4) is 0 Å². The van der Waals surface area contributed by atoms with Crippen molar-refractivity contribution in [3.8, 4) is 5.82 Å². The molecule has 0 aliphatic rings. The van der Waals surface area contributed by atoms with E-state index in [4.69, 9.17) is 0 Å². The van der Waals surface area contributed by atoms with E-state index in [9.17, 15) is 4.39 Å². The summed E-state index contributed by atoms with van der Waals surface area (Å²) in [7, 11) is 0. The molecule has 5 heteroatoms. The van der Waals surface area contributed by atoms with E-state index in [0.29, 0.717) is 4.47 Å². The van der Waals surface area contributed by atoms with Crippen molar-refractivity contribution in [2.24, 2.45) is 0 Å². The van der Waals surface area contributed by atoms with E-state index in [1.807, 2.05) is 29.7 Å². The first kappa shape index (κ1) is 12.3. The van der Waals surface area contributed by atoms with Gasteiger partial charge in [-0.2, -0.15) is 0 Å². The highest BCUT2D eigenvalue weighted by Crippen LogP contribution is 2.29. The first-order valence-electron chi connectivity index (χ1n) is 5.99. The van der Waals surface area contributed by atoms with Crippen molar-refractivity contribution in [3.63, 3.8) is 0 Å². The molecular weight excluding hydrogens is 309 g/mol. The molecule has 0 amide bonds. The SMILES string of the molecule is CCc1nc2ccc(F)c(Br)c2n1-c1ccccn1. The smallest absolute Gasteiger partial charge is 0.139 e. The van der Waals surface area contributed by atoms with Gasteiger partial charge in [0.2, 0.25) is 0 Å². The number of imidazole rings is 1. The summed E-state index contributed by atoms with van der Waals surface area (Å²) in [5, 5.41) is 0. The van der Waals surface area contributed by atoms with Crippen LogP contribution in [0.15, 0.2) is 41.0 Å². The summed E-state index contributed by atoms with van der Waals surface area (Å²) in [5.41, 5.74) is 1.48. The fourth-order valence-corrected chi connectivity index (χ4v) is 2.63. The van der Waals surface area contributed by atoms with Crippen molar-refractivity contribution in [3.05, 3.63) is 52.6 Å². The molecule has 0 N–H and O–H groups in total. The molecule has 0 saturated heterocycles. The predicted octanol–water partition coefficient (Wildman–Crippen LogP) is 3.88. The van der Waals surface area contributed by atoms with Crippen LogP contribution in [-0.4, -0.2) is 14.5 Å². The Bertz CT molecular complexity index is 737. The summed E-state index contributed by atoms with van der Waals surface area (Å²) in [6, 6.07) is 8.75. The Morgan fingerprint density at radius 3 is 2.79 bits per heavy atom. The molecule has 0 saturated carbocycles. The maximum Gasteiger partial charge on any atom is 0.139 e. The van der Waals surface area contributed by atoms with Crippen molar-refractivity contribution < 1.29 is 4.39 Å². The zero-order valence-electron chi connectivity index (χ0n) is 10.3. The molecule has 0 bridgehead atoms. The summed E-state index contributed by atoms with van der Waals surface area (Å²) in [5.74, 6) is 1.31. The van der Waals surface area contributed by atoms with E-state index in [1.54, 1.807) is 12.3 Å². The molecule has 0 unspecified atom stereocenters. The van der Waals surface area contributed by atoms with Crippen LogP contribution in [0.2, 0.25) is 0 Å². The maximum atomic E-state index is 13.7. The summed E-state index contributed by atoms with van der Waals surface area (Å²) in [4.78, 5) is 8.87. The Labute approximate surface area is 118 Å². The molecular formula is C14H11BrFN3. The lowest BCUT2D eigenvalue weighted by Gasteiger charge is -2.08. The van der Waals surface area contributed by atoms with Crippen molar-refractivity contribution in [2.75, 3.05) is 0 Å². The van der Waals surface area contributed by atoms with Crippen LogP contribution in [-0.2, 0) is 6.42 Å². The zero-order chi connectivity index (χ0) is 13.4. The molecule has 0 spiro atoms. The third-order valence-corrected chi connectivity index (χ3v) is 3.73. The van der Waals surface area contributed by atoms with Crippen molar-refractivity contribution in [2.45, 2.75) is 13.3 Å². The quantitative estimate of drug-likeness (QED) is 0.717. The fourth-order valence-electron chi connectivity index (χ4n) is 2.12. The summed E-state index contributed by atoms with van der Waals surface area (Å²) >= 11 is 3.31. The Balaban J connectivity index is 2.42. The number of benzene rings is 1. The van der Waals surface area contributed by atoms with Crippen LogP contribution in [0.25, 0.3) is 16.9 Å². The van der Waals surface area contributed by atoms with Crippen LogP contribution in [0.1, 0.15) is 12.7 Å². The van der Waals surface area contributed by atoms with Gasteiger partial charge in [0.15, 0.2) is 0 Å². The predicted molar refractivity (Wildman–Crippen MR) is 75.9 cm³/mol. The topological polar surface area (TPSA) is 30.7 Å². The highest BCUT2D eigenvalue weighted by atomic mass is 79.9. The number of halogens is 2. The summed E-state index contributed by atoms with van der Waals surface area (Å²) in [6.45, 7) is 2.02. The van der Waals surface area contributed by atoms with Gasteiger partial charge >= 0.3 is 0 Å². The number of pyridine rings is 1. The van der Waals surface area contributed by atoms with Gasteiger partial charge in [-0.25, -0.2) is 14.4 Å². The van der Waals surface area contributed by atoms with Gasteiger partial charge in [-0.15, -0.1) is 0 Å². The lowest BCUT2D eigenvalue weighted by atomic mass is 10.3. The summed E-state index contributed by atoms with van der Waals surface area (Å²) in [6.07, 6.45) is 2.47. The van der Waals surface area contributed by atoms with Gasteiger partial charge in [-0.1, -0.05) is 13.0 Å². The Hall–Kier alpha value is -1.75. The molecule has 0 fully saturated rings. The second-order valence-corrected chi connectivity index (χ2v) is 4.93. The van der Waals surface area contributed by atoms with E-state index in [2.05, 4.69) is 25.9 Å². The highest BCUT2D eigenvalue weighted by molar-refractivity contribution is 9.10. The Morgan fingerprint density at radius 2 is 2.11 bits per heavy atom. The normalized spacial score (nSPS) is 11.1. The van der Waals surface area contributed by atoms with Gasteiger partial charge in [0.25, 0.3) is 0 Å². The number of aromatic nitrogens is 3. The lowest BCUT2D eigenvalue weighted by molar-refractivity contribution is 0.622. The second kappa shape index (κ2) is 4.74. The standard InChI is InChI=1S/C14H11BrFN3/c1-2-11-18-10-7-6-9(16)13(15)14(10)19(11)12-5-3-4-8-17-12/h3-8H,2H2,1H3. The second-order valence-electron chi connectivity index (χ2n) is 4.13. The molecule has 2 aromatic heterocycles. The van der Waals surface area contributed by atoms with Crippen molar-refractivity contribution >= 4 is 27.0 Å². The number of hydrogen-bond acceptors (Lipinski definition) is 2. The van der Waals surface area contributed by atoms with Crippen molar-refractivity contribution in [1.29, 1.82) is 0 Å². The van der Waals surface area contributed by atoms with Gasteiger partial charge in [0.05, 0.1) is 15.5 Å². The maximum absolute atomic E-state index is 13.7. The number of fused-ring (bicyclic) bond motifs is 1. The monoisotopic (exact) mass is 319 g/mol. The minimum atomic E-state index is -0.299. The van der Waals surface area contributed by atoms with Gasteiger partial charge < -0.3 is 0 Å². The zero-order valence-corrected chi connectivity index (χ0v) is 11.9. The van der Waals surface area contributed by atoms with Gasteiger partial charge in [0.1, 0.15) is 17.5 Å².